The van der Waals surface area contributed by atoms with Crippen LogP contribution in [0.1, 0.15) is 25.5 Å². The summed E-state index contributed by atoms with van der Waals surface area (Å²) in [4.78, 5) is 22.9. The zero-order valence-corrected chi connectivity index (χ0v) is 20.4. The summed E-state index contributed by atoms with van der Waals surface area (Å²) in [5.41, 5.74) is 2.05. The molecule has 1 saturated heterocycles. The van der Waals surface area contributed by atoms with E-state index in [4.69, 9.17) is 0 Å². The van der Waals surface area contributed by atoms with Crippen LogP contribution < -0.4 is 21.1 Å². The maximum Gasteiger partial charge on any atom is 0.251 e. The molecule has 37 heavy (non-hydrogen) atoms. The summed E-state index contributed by atoms with van der Waals surface area (Å²) in [7, 11) is 0. The van der Waals surface area contributed by atoms with Crippen molar-refractivity contribution >= 4 is 28.2 Å². The van der Waals surface area contributed by atoms with Crippen molar-refractivity contribution in [3.8, 4) is 17.3 Å². The Balaban J connectivity index is 1.51. The third-order valence-corrected chi connectivity index (χ3v) is 6.36. The molecule has 0 spiro atoms. The van der Waals surface area contributed by atoms with Gasteiger partial charge in [0, 0.05) is 54.9 Å². The second kappa shape index (κ2) is 9.95. The van der Waals surface area contributed by atoms with Gasteiger partial charge in [-0.3, -0.25) is 4.79 Å². The number of nitrogens with one attached hydrogen (secondary N) is 2. The van der Waals surface area contributed by atoms with Gasteiger partial charge in [-0.25, -0.2) is 18.7 Å². The number of fused-ring (bicyclic) bond motifs is 1. The van der Waals surface area contributed by atoms with Crippen LogP contribution >= 0.6 is 0 Å². The van der Waals surface area contributed by atoms with Gasteiger partial charge in [0.15, 0.2) is 5.82 Å². The molecule has 2 aromatic heterocycles. The minimum Gasteiger partial charge on any atom is -0.368 e. The van der Waals surface area contributed by atoms with Gasteiger partial charge in [-0.1, -0.05) is 0 Å². The fourth-order valence-electron chi connectivity index (χ4n) is 4.63. The summed E-state index contributed by atoms with van der Waals surface area (Å²) in [6.45, 7) is 6.94. The highest BCUT2D eigenvalue weighted by molar-refractivity contribution is 5.85. The molecule has 0 atom stereocenters. The minimum absolute atomic E-state index is 0.0880. The summed E-state index contributed by atoms with van der Waals surface area (Å²) in [6, 6.07) is 12.9. The number of hydrogen-bond acceptors (Lipinski definition) is 7. The van der Waals surface area contributed by atoms with Crippen LogP contribution in [0, 0.1) is 23.0 Å². The topological polar surface area (TPSA) is 98.9 Å². The number of piperazine rings is 1. The molecule has 3 heterocycles. The molecule has 0 bridgehead atoms. The number of hydrogen-bond donors (Lipinski definition) is 2. The van der Waals surface area contributed by atoms with Crippen LogP contribution in [0.5, 0.6) is 0 Å². The molecular formula is C27H25F2N7O. The third kappa shape index (κ3) is 4.73. The Morgan fingerprint density at radius 3 is 2.59 bits per heavy atom. The van der Waals surface area contributed by atoms with Crippen molar-refractivity contribution in [2.75, 3.05) is 36.4 Å². The molecule has 1 aliphatic heterocycles. The van der Waals surface area contributed by atoms with Gasteiger partial charge in [0.25, 0.3) is 5.56 Å². The van der Waals surface area contributed by atoms with Crippen molar-refractivity contribution in [3.63, 3.8) is 0 Å². The lowest BCUT2D eigenvalue weighted by atomic mass is 10.1. The fraction of sp³-hybridized carbons (Fsp3) is 0.259. The average molecular weight is 502 g/mol. The van der Waals surface area contributed by atoms with Gasteiger partial charge in [0.05, 0.1) is 23.0 Å². The first kappa shape index (κ1) is 24.3. The molecule has 0 unspecified atom stereocenters. The van der Waals surface area contributed by atoms with Crippen LogP contribution in [0.3, 0.4) is 0 Å². The van der Waals surface area contributed by atoms with E-state index in [0.717, 1.165) is 38.1 Å². The molecular weight excluding hydrogens is 476 g/mol. The van der Waals surface area contributed by atoms with Crippen molar-refractivity contribution in [2.45, 2.75) is 19.9 Å². The molecule has 1 aliphatic rings. The standard InChI is InChI=1S/C27H25F2N7O/c1-16(2)36-24-13-17(12-21(28)20(24)4-6-25(36)37)26-22(29)15-32-27(34-26)33-19-3-5-23(18(11-19)14-30)35-9-7-31-8-10-35/h3-6,11-13,15-16,31H,7-10H2,1-2H3,(H,32,33,34). The van der Waals surface area contributed by atoms with Crippen molar-refractivity contribution in [1.82, 2.24) is 19.9 Å². The normalized spacial score (nSPS) is 13.7. The molecule has 0 saturated carbocycles. The zero-order valence-electron chi connectivity index (χ0n) is 20.4. The molecule has 1 fully saturated rings. The Morgan fingerprint density at radius 2 is 1.86 bits per heavy atom. The Labute approximate surface area is 212 Å². The van der Waals surface area contributed by atoms with Crippen LogP contribution in [0.25, 0.3) is 22.2 Å². The number of aromatic nitrogens is 3. The van der Waals surface area contributed by atoms with Gasteiger partial charge in [0.2, 0.25) is 5.95 Å². The van der Waals surface area contributed by atoms with Crippen LogP contribution in [0.2, 0.25) is 0 Å². The van der Waals surface area contributed by atoms with E-state index in [1.54, 1.807) is 12.1 Å². The maximum absolute atomic E-state index is 15.0. The lowest BCUT2D eigenvalue weighted by Gasteiger charge is -2.30. The lowest BCUT2D eigenvalue weighted by Crippen LogP contribution is -2.43. The first-order valence-corrected chi connectivity index (χ1v) is 12.0. The predicted molar refractivity (Wildman–Crippen MR) is 139 cm³/mol. The predicted octanol–water partition coefficient (Wildman–Crippen LogP) is 4.34. The first-order chi connectivity index (χ1) is 17.9. The van der Waals surface area contributed by atoms with Gasteiger partial charge >= 0.3 is 0 Å². The van der Waals surface area contributed by atoms with E-state index in [0.29, 0.717) is 16.8 Å². The van der Waals surface area contributed by atoms with E-state index in [1.165, 1.54) is 22.8 Å². The SMILES string of the molecule is CC(C)n1c(=O)ccc2c(F)cc(-c3nc(Nc4ccc(N5CCNCC5)c(C#N)c4)ncc3F)cc21. The maximum atomic E-state index is 15.0. The molecule has 8 nitrogen and oxygen atoms in total. The quantitative estimate of drug-likeness (QED) is 0.420. The monoisotopic (exact) mass is 501 g/mol. The van der Waals surface area contributed by atoms with Crippen LogP contribution in [-0.4, -0.2) is 40.7 Å². The highest BCUT2D eigenvalue weighted by Gasteiger charge is 2.18. The molecule has 188 valence electrons. The number of nitrogens with zero attached hydrogens (tertiary/aromatic N) is 5. The molecule has 2 N–H and O–H groups in total. The van der Waals surface area contributed by atoms with E-state index >= 15 is 4.39 Å². The van der Waals surface area contributed by atoms with Crippen molar-refractivity contribution in [1.29, 1.82) is 5.26 Å². The molecule has 0 amide bonds. The number of pyridine rings is 1. The van der Waals surface area contributed by atoms with Crippen LogP contribution in [0.15, 0.2) is 53.5 Å². The van der Waals surface area contributed by atoms with Gasteiger partial charge in [-0.2, -0.15) is 5.26 Å². The van der Waals surface area contributed by atoms with Gasteiger partial charge < -0.3 is 20.1 Å². The van der Waals surface area contributed by atoms with Gasteiger partial charge in [-0.15, -0.1) is 0 Å². The Morgan fingerprint density at radius 1 is 1.08 bits per heavy atom. The Kier molecular flexibility index (Phi) is 6.54. The lowest BCUT2D eigenvalue weighted by molar-refractivity contribution is 0.589. The Hall–Kier alpha value is -4.36. The number of nitriles is 1. The number of rotatable bonds is 5. The molecule has 10 heteroatoms. The van der Waals surface area contributed by atoms with E-state index in [1.807, 2.05) is 26.0 Å². The van der Waals surface area contributed by atoms with Crippen molar-refractivity contribution in [2.24, 2.45) is 0 Å². The van der Waals surface area contributed by atoms with E-state index < -0.39 is 11.6 Å². The molecule has 0 radical (unpaired) electrons. The number of halogens is 2. The van der Waals surface area contributed by atoms with E-state index in [2.05, 4.69) is 31.6 Å². The molecule has 5 rings (SSSR count). The van der Waals surface area contributed by atoms with E-state index in [9.17, 15) is 14.4 Å². The highest BCUT2D eigenvalue weighted by atomic mass is 19.1. The highest BCUT2D eigenvalue weighted by Crippen LogP contribution is 2.30. The fourth-order valence-corrected chi connectivity index (χ4v) is 4.63. The number of anilines is 3. The van der Waals surface area contributed by atoms with Crippen molar-refractivity contribution in [3.05, 3.63) is 76.2 Å². The number of benzene rings is 2. The average Bonchev–Trinajstić information content (AvgIpc) is 2.89. The largest absolute Gasteiger partial charge is 0.368 e. The third-order valence-electron chi connectivity index (χ3n) is 6.36. The summed E-state index contributed by atoms with van der Waals surface area (Å²) >= 11 is 0. The van der Waals surface area contributed by atoms with Gasteiger partial charge in [0.1, 0.15) is 17.6 Å². The molecule has 2 aromatic carbocycles. The summed E-state index contributed by atoms with van der Waals surface area (Å²) < 4.78 is 31.3. The van der Waals surface area contributed by atoms with Crippen LogP contribution in [-0.2, 0) is 0 Å². The van der Waals surface area contributed by atoms with E-state index in [-0.39, 0.29) is 34.2 Å². The smallest absolute Gasteiger partial charge is 0.251 e. The van der Waals surface area contributed by atoms with Crippen molar-refractivity contribution < 1.29 is 8.78 Å². The molecule has 4 aromatic rings. The summed E-state index contributed by atoms with van der Waals surface area (Å²) in [5, 5.41) is 16.3. The Bertz CT molecular complexity index is 1590. The zero-order chi connectivity index (χ0) is 26.1. The summed E-state index contributed by atoms with van der Waals surface area (Å²) in [6.07, 6.45) is 1.01. The second-order valence-corrected chi connectivity index (χ2v) is 9.12. The minimum atomic E-state index is -0.731. The second-order valence-electron chi connectivity index (χ2n) is 9.12. The molecule has 0 aliphatic carbocycles. The summed E-state index contributed by atoms with van der Waals surface area (Å²) in [5.74, 6) is -1.23. The van der Waals surface area contributed by atoms with Crippen LogP contribution in [0.4, 0.5) is 26.1 Å². The van der Waals surface area contributed by atoms with Gasteiger partial charge in [-0.05, 0) is 50.2 Å². The first-order valence-electron chi connectivity index (χ1n) is 12.0.